The third kappa shape index (κ3) is 2.69. The van der Waals surface area contributed by atoms with E-state index in [4.69, 9.17) is 10.4 Å². The average molecular weight is 178 g/mol. The van der Waals surface area contributed by atoms with Crippen LogP contribution in [0.4, 0.5) is 5.82 Å². The first-order valence-corrected chi connectivity index (χ1v) is 3.94. The number of aliphatic hydroxyl groups is 1. The van der Waals surface area contributed by atoms with E-state index in [0.717, 1.165) is 0 Å². The van der Waals surface area contributed by atoms with Gasteiger partial charge in [-0.15, -0.1) is 0 Å². The number of nitrogens with zero attached hydrogens (tertiary/aromatic N) is 3. The Hall–Kier alpha value is -1.67. The fourth-order valence-electron chi connectivity index (χ4n) is 0.835. The van der Waals surface area contributed by atoms with Crippen LogP contribution in [0.15, 0.2) is 12.4 Å². The summed E-state index contributed by atoms with van der Waals surface area (Å²) in [4.78, 5) is 7.77. The molecule has 1 aromatic heterocycles. The smallest absolute Gasteiger partial charge is 0.182 e. The highest BCUT2D eigenvalue weighted by Gasteiger charge is 2.01. The highest BCUT2D eigenvalue weighted by Crippen LogP contribution is 2.05. The Kier molecular flexibility index (Phi) is 3.67. The zero-order chi connectivity index (χ0) is 9.52. The van der Waals surface area contributed by atoms with Crippen molar-refractivity contribution in [3.05, 3.63) is 18.1 Å². The van der Waals surface area contributed by atoms with Crippen LogP contribution in [0.5, 0.6) is 0 Å². The van der Waals surface area contributed by atoms with Crippen molar-refractivity contribution in [2.24, 2.45) is 0 Å². The maximum atomic E-state index is 8.63. The molecular formula is C8H10N4O. The number of nitriles is 1. The zero-order valence-electron chi connectivity index (χ0n) is 7.06. The molecule has 0 atom stereocenters. The van der Waals surface area contributed by atoms with Gasteiger partial charge in [-0.2, -0.15) is 5.26 Å². The number of nitrogens with one attached hydrogen (secondary N) is 1. The molecule has 68 valence electrons. The maximum Gasteiger partial charge on any atom is 0.182 e. The molecule has 0 amide bonds. The van der Waals surface area contributed by atoms with Crippen molar-refractivity contribution in [1.29, 1.82) is 5.26 Å². The van der Waals surface area contributed by atoms with E-state index in [1.807, 2.05) is 6.07 Å². The van der Waals surface area contributed by atoms with Crippen LogP contribution in [0, 0.1) is 11.3 Å². The van der Waals surface area contributed by atoms with Gasteiger partial charge < -0.3 is 10.4 Å². The number of rotatable bonds is 4. The summed E-state index contributed by atoms with van der Waals surface area (Å²) >= 11 is 0. The normalized spacial score (nSPS) is 9.23. The number of anilines is 1. The molecule has 5 nitrogen and oxygen atoms in total. The van der Waals surface area contributed by atoms with E-state index in [1.54, 1.807) is 0 Å². The Labute approximate surface area is 76.1 Å². The summed E-state index contributed by atoms with van der Waals surface area (Å²) < 4.78 is 0. The number of aliphatic hydroxyl groups excluding tert-OH is 1. The minimum atomic E-state index is 0.120. The largest absolute Gasteiger partial charge is 0.396 e. The third-order valence-electron chi connectivity index (χ3n) is 1.43. The second-order valence-corrected chi connectivity index (χ2v) is 2.37. The van der Waals surface area contributed by atoms with Gasteiger partial charge in [-0.3, -0.25) is 0 Å². The Bertz CT molecular complexity index is 307. The van der Waals surface area contributed by atoms with Crippen molar-refractivity contribution in [1.82, 2.24) is 9.97 Å². The lowest BCUT2D eigenvalue weighted by atomic mass is 10.4. The average Bonchev–Trinajstić information content (AvgIpc) is 2.19. The van der Waals surface area contributed by atoms with Crippen LogP contribution in [0.1, 0.15) is 12.1 Å². The van der Waals surface area contributed by atoms with E-state index in [2.05, 4.69) is 15.3 Å². The van der Waals surface area contributed by atoms with Crippen molar-refractivity contribution in [2.75, 3.05) is 18.5 Å². The molecule has 5 heteroatoms. The minimum absolute atomic E-state index is 0.120. The summed E-state index contributed by atoms with van der Waals surface area (Å²) in [6.45, 7) is 0.707. The van der Waals surface area contributed by atoms with Crippen LogP contribution in [0.3, 0.4) is 0 Å². The van der Waals surface area contributed by atoms with E-state index in [0.29, 0.717) is 18.8 Å². The molecular weight excluding hydrogens is 168 g/mol. The van der Waals surface area contributed by atoms with Gasteiger partial charge in [0.2, 0.25) is 0 Å². The van der Waals surface area contributed by atoms with Gasteiger partial charge in [-0.25, -0.2) is 9.97 Å². The predicted molar refractivity (Wildman–Crippen MR) is 46.9 cm³/mol. The second-order valence-electron chi connectivity index (χ2n) is 2.37. The summed E-state index contributed by atoms with van der Waals surface area (Å²) in [5.74, 6) is 0.471. The van der Waals surface area contributed by atoms with E-state index >= 15 is 0 Å². The van der Waals surface area contributed by atoms with E-state index in [-0.39, 0.29) is 12.3 Å². The second kappa shape index (κ2) is 5.06. The van der Waals surface area contributed by atoms with E-state index in [1.165, 1.54) is 12.4 Å². The molecule has 0 aliphatic rings. The molecule has 0 spiro atoms. The van der Waals surface area contributed by atoms with Gasteiger partial charge in [-0.05, 0) is 6.42 Å². The highest BCUT2D eigenvalue weighted by atomic mass is 16.3. The lowest BCUT2D eigenvalue weighted by molar-refractivity contribution is 0.292. The fourth-order valence-corrected chi connectivity index (χ4v) is 0.835. The summed E-state index contributed by atoms with van der Waals surface area (Å²) in [6, 6.07) is 1.92. The molecule has 1 aromatic rings. The van der Waals surface area contributed by atoms with Crippen LogP contribution < -0.4 is 5.32 Å². The molecule has 0 fully saturated rings. The molecule has 1 heterocycles. The van der Waals surface area contributed by atoms with Crippen LogP contribution in [0.25, 0.3) is 0 Å². The number of aromatic nitrogens is 2. The van der Waals surface area contributed by atoms with Crippen LogP contribution in [0.2, 0.25) is 0 Å². The lowest BCUT2D eigenvalue weighted by Crippen LogP contribution is -2.07. The fraction of sp³-hybridized carbons (Fsp3) is 0.375. The SMILES string of the molecule is N#Cc1nccnc1NCCCO. The van der Waals surface area contributed by atoms with Gasteiger partial charge in [0.1, 0.15) is 6.07 Å². The number of hydrogen-bond acceptors (Lipinski definition) is 5. The van der Waals surface area contributed by atoms with E-state index < -0.39 is 0 Å². The molecule has 0 aliphatic heterocycles. The van der Waals surface area contributed by atoms with Gasteiger partial charge >= 0.3 is 0 Å². The lowest BCUT2D eigenvalue weighted by Gasteiger charge is -2.03. The standard InChI is InChI=1S/C8H10N4O/c9-6-7-8(11-2-1-5-13)12-4-3-10-7/h3-4,13H,1-2,5H2,(H,11,12). The molecule has 0 radical (unpaired) electrons. The zero-order valence-corrected chi connectivity index (χ0v) is 7.06. The Morgan fingerprint density at radius 3 is 2.92 bits per heavy atom. The van der Waals surface area contributed by atoms with Crippen LogP contribution in [-0.4, -0.2) is 28.2 Å². The molecule has 1 rings (SSSR count). The molecule has 2 N–H and O–H groups in total. The Balaban J connectivity index is 2.60. The maximum absolute atomic E-state index is 8.63. The quantitative estimate of drug-likeness (QED) is 0.641. The summed E-state index contributed by atoms with van der Waals surface area (Å²) in [6.07, 6.45) is 3.61. The van der Waals surface area contributed by atoms with Crippen LogP contribution >= 0.6 is 0 Å². The van der Waals surface area contributed by atoms with Crippen molar-refractivity contribution in [3.8, 4) is 6.07 Å². The van der Waals surface area contributed by atoms with Crippen molar-refractivity contribution >= 4 is 5.82 Å². The van der Waals surface area contributed by atoms with E-state index in [9.17, 15) is 0 Å². The van der Waals surface area contributed by atoms with Gasteiger partial charge in [0.05, 0.1) is 0 Å². The van der Waals surface area contributed by atoms with Gasteiger partial charge in [0.25, 0.3) is 0 Å². The van der Waals surface area contributed by atoms with Crippen LogP contribution in [-0.2, 0) is 0 Å². The first-order valence-electron chi connectivity index (χ1n) is 3.94. The Morgan fingerprint density at radius 2 is 2.23 bits per heavy atom. The molecule has 0 aromatic carbocycles. The summed E-state index contributed by atoms with van der Waals surface area (Å²) in [5, 5.41) is 20.1. The van der Waals surface area contributed by atoms with Crippen molar-refractivity contribution < 1.29 is 5.11 Å². The first-order chi connectivity index (χ1) is 6.38. The van der Waals surface area contributed by atoms with Crippen molar-refractivity contribution in [2.45, 2.75) is 6.42 Å². The molecule has 0 bridgehead atoms. The topological polar surface area (TPSA) is 81.8 Å². The molecule has 0 unspecified atom stereocenters. The first kappa shape index (κ1) is 9.42. The summed E-state index contributed by atoms with van der Waals surface area (Å²) in [5.41, 5.74) is 0.278. The minimum Gasteiger partial charge on any atom is -0.396 e. The summed E-state index contributed by atoms with van der Waals surface area (Å²) in [7, 11) is 0. The van der Waals surface area contributed by atoms with Crippen molar-refractivity contribution in [3.63, 3.8) is 0 Å². The molecule has 0 saturated heterocycles. The van der Waals surface area contributed by atoms with Gasteiger partial charge in [-0.1, -0.05) is 0 Å². The third-order valence-corrected chi connectivity index (χ3v) is 1.43. The Morgan fingerprint density at radius 1 is 1.46 bits per heavy atom. The molecule has 0 saturated carbocycles. The highest BCUT2D eigenvalue weighted by molar-refractivity contribution is 5.46. The van der Waals surface area contributed by atoms with Gasteiger partial charge in [0.15, 0.2) is 11.5 Å². The van der Waals surface area contributed by atoms with Gasteiger partial charge in [0, 0.05) is 25.5 Å². The molecule has 13 heavy (non-hydrogen) atoms. The number of hydrogen-bond donors (Lipinski definition) is 2. The monoisotopic (exact) mass is 178 g/mol. The predicted octanol–water partition coefficient (Wildman–Crippen LogP) is 0.143. The molecule has 0 aliphatic carbocycles.